The minimum atomic E-state index is -1.66. The lowest BCUT2D eigenvalue weighted by Gasteiger charge is -2.36. The van der Waals surface area contributed by atoms with Crippen LogP contribution < -0.4 is 0 Å². The summed E-state index contributed by atoms with van der Waals surface area (Å²) >= 11 is 0. The fraction of sp³-hybridized carbons (Fsp3) is 1.00. The van der Waals surface area contributed by atoms with Crippen LogP contribution in [0.2, 0.25) is 18.1 Å². The Labute approximate surface area is 162 Å². The van der Waals surface area contributed by atoms with E-state index in [2.05, 4.69) is 33.9 Å². The molecule has 0 bridgehead atoms. The van der Waals surface area contributed by atoms with Gasteiger partial charge in [-0.25, -0.2) is 0 Å². The maximum absolute atomic E-state index is 6.06. The number of ether oxygens (including phenoxy) is 4. The van der Waals surface area contributed by atoms with Gasteiger partial charge in [-0.15, -0.1) is 0 Å². The maximum Gasteiger partial charge on any atom is 0.192 e. The molecule has 0 aliphatic carbocycles. The highest BCUT2D eigenvalue weighted by molar-refractivity contribution is 8.76. The Kier molecular flexibility index (Phi) is 11.6. The second-order valence-corrected chi connectivity index (χ2v) is 14.9. The zero-order valence-corrected chi connectivity index (χ0v) is 19.3. The smallest absolute Gasteiger partial charge is 0.192 e. The van der Waals surface area contributed by atoms with Crippen LogP contribution in [0, 0.1) is 0 Å². The molecule has 25 heavy (non-hydrogen) atoms. The van der Waals surface area contributed by atoms with E-state index in [4.69, 9.17) is 23.4 Å². The molecule has 0 aromatic carbocycles. The van der Waals surface area contributed by atoms with E-state index in [9.17, 15) is 0 Å². The van der Waals surface area contributed by atoms with Crippen LogP contribution in [0.1, 0.15) is 20.8 Å². The van der Waals surface area contributed by atoms with Crippen molar-refractivity contribution >= 4 is 29.9 Å². The van der Waals surface area contributed by atoms with Crippen LogP contribution in [-0.2, 0) is 23.4 Å². The number of hydrogen-bond donors (Lipinski definition) is 0. The van der Waals surface area contributed by atoms with Crippen molar-refractivity contribution < 1.29 is 23.4 Å². The van der Waals surface area contributed by atoms with Crippen molar-refractivity contribution in [1.29, 1.82) is 0 Å². The SMILES string of the molecule is CO[C@@H]1CSSC[C@H]1OCCOCCOCCO[Si](C)(C)C(C)(C)C. The van der Waals surface area contributed by atoms with E-state index in [1.54, 1.807) is 7.11 Å². The molecule has 0 N–H and O–H groups in total. The highest BCUT2D eigenvalue weighted by Crippen LogP contribution is 2.36. The third-order valence-electron chi connectivity index (χ3n) is 4.69. The van der Waals surface area contributed by atoms with Gasteiger partial charge in [0, 0.05) is 18.6 Å². The number of methoxy groups -OCH3 is 1. The first kappa shape index (κ1) is 23.8. The Morgan fingerprint density at radius 1 is 0.840 bits per heavy atom. The van der Waals surface area contributed by atoms with Crippen LogP contribution >= 0.6 is 21.6 Å². The summed E-state index contributed by atoms with van der Waals surface area (Å²) in [6, 6.07) is 0. The zero-order chi connectivity index (χ0) is 18.8. The first-order valence-electron chi connectivity index (χ1n) is 8.96. The van der Waals surface area contributed by atoms with Gasteiger partial charge in [0.05, 0.1) is 51.8 Å². The van der Waals surface area contributed by atoms with Gasteiger partial charge < -0.3 is 23.4 Å². The van der Waals surface area contributed by atoms with Crippen molar-refractivity contribution in [2.45, 2.75) is 51.1 Å². The Balaban J connectivity index is 1.94. The monoisotopic (exact) mass is 412 g/mol. The quantitative estimate of drug-likeness (QED) is 0.274. The normalized spacial score (nSPS) is 22.3. The summed E-state index contributed by atoms with van der Waals surface area (Å²) in [7, 11) is 3.79. The molecule has 8 heteroatoms. The van der Waals surface area contributed by atoms with Crippen LogP contribution in [0.5, 0.6) is 0 Å². The van der Waals surface area contributed by atoms with Gasteiger partial charge >= 0.3 is 0 Å². The molecule has 0 saturated carbocycles. The molecule has 1 rings (SSSR count). The van der Waals surface area contributed by atoms with E-state index < -0.39 is 8.32 Å². The first-order chi connectivity index (χ1) is 11.8. The summed E-state index contributed by atoms with van der Waals surface area (Å²) in [5.41, 5.74) is 0. The second-order valence-electron chi connectivity index (χ2n) is 7.59. The lowest BCUT2D eigenvalue weighted by Crippen LogP contribution is -2.41. The zero-order valence-electron chi connectivity index (χ0n) is 16.7. The predicted molar refractivity (Wildman–Crippen MR) is 110 cm³/mol. The van der Waals surface area contributed by atoms with Gasteiger partial charge in [0.2, 0.25) is 0 Å². The van der Waals surface area contributed by atoms with E-state index in [1.807, 2.05) is 21.6 Å². The molecule has 0 radical (unpaired) electrons. The average molecular weight is 413 g/mol. The van der Waals surface area contributed by atoms with Crippen molar-refractivity contribution in [3.8, 4) is 0 Å². The summed E-state index contributed by atoms with van der Waals surface area (Å²) in [6.45, 7) is 14.9. The van der Waals surface area contributed by atoms with E-state index in [0.29, 0.717) is 39.6 Å². The maximum atomic E-state index is 6.06. The predicted octanol–water partition coefficient (Wildman–Crippen LogP) is 3.84. The molecule has 1 heterocycles. The molecule has 0 spiro atoms. The summed E-state index contributed by atoms with van der Waals surface area (Å²) in [6.07, 6.45) is 0.360. The summed E-state index contributed by atoms with van der Waals surface area (Å²) in [4.78, 5) is 0. The molecular weight excluding hydrogens is 376 g/mol. The second kappa shape index (κ2) is 12.2. The van der Waals surface area contributed by atoms with Gasteiger partial charge in [-0.1, -0.05) is 42.4 Å². The molecule has 0 amide bonds. The van der Waals surface area contributed by atoms with Crippen molar-refractivity contribution in [3.63, 3.8) is 0 Å². The molecule has 1 fully saturated rings. The van der Waals surface area contributed by atoms with E-state index >= 15 is 0 Å². The molecule has 2 atom stereocenters. The Morgan fingerprint density at radius 3 is 1.92 bits per heavy atom. The standard InChI is InChI=1S/C17H36O5S2Si/c1-17(2,3)25(5,6)22-12-10-20-8-7-19-9-11-21-16-14-24-23-13-15(16)18-4/h15-16H,7-14H2,1-6H3/t15-,16-/m1/s1. The van der Waals surface area contributed by atoms with Gasteiger partial charge in [-0.3, -0.25) is 0 Å². The first-order valence-corrected chi connectivity index (χ1v) is 14.4. The lowest BCUT2D eigenvalue weighted by molar-refractivity contribution is -0.0561. The molecule has 1 aliphatic rings. The van der Waals surface area contributed by atoms with Crippen molar-refractivity contribution in [2.75, 3.05) is 58.3 Å². The van der Waals surface area contributed by atoms with Crippen molar-refractivity contribution in [2.24, 2.45) is 0 Å². The fourth-order valence-electron chi connectivity index (χ4n) is 1.97. The molecule has 5 nitrogen and oxygen atoms in total. The van der Waals surface area contributed by atoms with Crippen LogP contribution in [0.4, 0.5) is 0 Å². The summed E-state index contributed by atoms with van der Waals surface area (Å²) < 4.78 is 28.5. The van der Waals surface area contributed by atoms with Gasteiger partial charge in [0.1, 0.15) is 0 Å². The van der Waals surface area contributed by atoms with E-state index in [-0.39, 0.29) is 17.2 Å². The molecule has 1 saturated heterocycles. The average Bonchev–Trinajstić information content (AvgIpc) is 2.55. The minimum Gasteiger partial charge on any atom is -0.414 e. The molecule has 0 aromatic heterocycles. The number of hydrogen-bond acceptors (Lipinski definition) is 7. The lowest BCUT2D eigenvalue weighted by atomic mass is 10.2. The molecule has 1 aliphatic heterocycles. The van der Waals surface area contributed by atoms with E-state index in [1.165, 1.54) is 0 Å². The molecule has 150 valence electrons. The van der Waals surface area contributed by atoms with Gasteiger partial charge in [-0.2, -0.15) is 0 Å². The molecule has 0 aromatic rings. The highest BCUT2D eigenvalue weighted by Gasteiger charge is 2.36. The van der Waals surface area contributed by atoms with Crippen LogP contribution in [0.15, 0.2) is 0 Å². The fourth-order valence-corrected chi connectivity index (χ4v) is 5.50. The molecular formula is C17H36O5S2Si. The number of rotatable bonds is 12. The van der Waals surface area contributed by atoms with Crippen molar-refractivity contribution in [1.82, 2.24) is 0 Å². The largest absolute Gasteiger partial charge is 0.414 e. The summed E-state index contributed by atoms with van der Waals surface area (Å²) in [5, 5.41) is 0.244. The minimum absolute atomic E-state index is 0.170. The molecule has 0 unspecified atom stereocenters. The van der Waals surface area contributed by atoms with E-state index in [0.717, 1.165) is 11.5 Å². The van der Waals surface area contributed by atoms with Crippen LogP contribution in [-0.4, -0.2) is 78.8 Å². The van der Waals surface area contributed by atoms with Gasteiger partial charge in [0.25, 0.3) is 0 Å². The van der Waals surface area contributed by atoms with Crippen LogP contribution in [0.3, 0.4) is 0 Å². The van der Waals surface area contributed by atoms with Gasteiger partial charge in [-0.05, 0) is 18.1 Å². The Hall–Kier alpha value is 0.717. The topological polar surface area (TPSA) is 46.2 Å². The Morgan fingerprint density at radius 2 is 1.36 bits per heavy atom. The van der Waals surface area contributed by atoms with Gasteiger partial charge in [0.15, 0.2) is 8.32 Å². The third-order valence-corrected chi connectivity index (χ3v) is 11.6. The van der Waals surface area contributed by atoms with Crippen LogP contribution in [0.25, 0.3) is 0 Å². The Bertz CT molecular complexity index is 352. The highest BCUT2D eigenvalue weighted by atomic mass is 33.1. The third kappa shape index (κ3) is 9.46. The summed E-state index contributed by atoms with van der Waals surface area (Å²) in [5.74, 6) is 1.96. The van der Waals surface area contributed by atoms with Crippen molar-refractivity contribution in [3.05, 3.63) is 0 Å².